The summed E-state index contributed by atoms with van der Waals surface area (Å²) < 4.78 is 1.16. The van der Waals surface area contributed by atoms with Crippen molar-refractivity contribution in [3.8, 4) is 11.5 Å². The Morgan fingerprint density at radius 3 is 1.74 bits per heavy atom. The number of rotatable bonds is 4. The first-order valence-corrected chi connectivity index (χ1v) is 10.4. The molecule has 0 aliphatic rings. The second kappa shape index (κ2) is 9.14. The van der Waals surface area contributed by atoms with Gasteiger partial charge >= 0.3 is 0 Å². The monoisotopic (exact) mass is 436 g/mol. The van der Waals surface area contributed by atoms with E-state index < -0.39 is 11.8 Å². The number of carbonyl (C=O) groups excluding carboxylic acids is 2. The van der Waals surface area contributed by atoms with Gasteiger partial charge in [0.05, 0.1) is 0 Å². The lowest BCUT2D eigenvalue weighted by atomic mass is 9.87. The summed E-state index contributed by atoms with van der Waals surface area (Å²) in [6.45, 7) is 6.36. The summed E-state index contributed by atoms with van der Waals surface area (Å²) in [5.41, 5.74) is 4.38. The van der Waals surface area contributed by atoms with Crippen molar-refractivity contribution in [2.24, 2.45) is 0 Å². The van der Waals surface area contributed by atoms with E-state index in [1.807, 2.05) is 24.3 Å². The highest BCUT2D eigenvalue weighted by atomic mass is 32.2. The average molecular weight is 437 g/mol. The van der Waals surface area contributed by atoms with E-state index in [1.165, 1.54) is 48.5 Å². The van der Waals surface area contributed by atoms with Crippen LogP contribution in [0.4, 0.5) is 0 Å². The molecule has 0 unspecified atom stereocenters. The van der Waals surface area contributed by atoms with Gasteiger partial charge in [0.15, 0.2) is 0 Å². The van der Waals surface area contributed by atoms with Gasteiger partial charge in [-0.25, -0.2) is 5.43 Å². The summed E-state index contributed by atoms with van der Waals surface area (Å²) in [5.74, 6) is -0.855. The summed E-state index contributed by atoms with van der Waals surface area (Å²) >= 11 is 1.08. The SMILES string of the molecule is CC(C)(C)c1ccc(SN(NC(=O)c2ccc(O)cc2)C(=O)c2ccc(O)cc2)cc1. The molecule has 0 radical (unpaired) electrons. The number of phenols is 2. The van der Waals surface area contributed by atoms with E-state index in [2.05, 4.69) is 26.2 Å². The Hall–Kier alpha value is -3.45. The predicted molar refractivity (Wildman–Crippen MR) is 121 cm³/mol. The topological polar surface area (TPSA) is 89.9 Å². The molecule has 0 fully saturated rings. The number of phenolic OH excluding ortho intramolecular Hbond substituents is 2. The van der Waals surface area contributed by atoms with Gasteiger partial charge in [0, 0.05) is 28.0 Å². The molecular weight excluding hydrogens is 412 g/mol. The zero-order chi connectivity index (χ0) is 22.6. The van der Waals surface area contributed by atoms with Gasteiger partial charge in [0.1, 0.15) is 11.5 Å². The minimum absolute atomic E-state index is 0.00215. The number of hydrazine groups is 1. The van der Waals surface area contributed by atoms with Crippen LogP contribution in [0.15, 0.2) is 77.7 Å². The standard InChI is InChI=1S/C24H24N2O4S/c1-24(2,3)18-8-14-21(15-9-18)31-26(23(30)17-6-12-20(28)13-7-17)25-22(29)16-4-10-19(27)11-5-16/h4-15,27-28H,1-3H3,(H,25,29). The normalized spacial score (nSPS) is 11.1. The fourth-order valence-corrected chi connectivity index (χ4v) is 3.51. The van der Waals surface area contributed by atoms with Crippen LogP contribution in [-0.2, 0) is 5.41 Å². The lowest BCUT2D eigenvalue weighted by Crippen LogP contribution is -2.41. The maximum atomic E-state index is 13.1. The fourth-order valence-electron chi connectivity index (χ4n) is 2.73. The first kappa shape index (κ1) is 22.2. The molecule has 3 aromatic rings. The van der Waals surface area contributed by atoms with Crippen LogP contribution >= 0.6 is 11.9 Å². The molecule has 0 atom stereocenters. The van der Waals surface area contributed by atoms with Gasteiger partial charge in [-0.05, 0) is 71.6 Å². The molecule has 6 nitrogen and oxygen atoms in total. The highest BCUT2D eigenvalue weighted by Gasteiger charge is 2.21. The zero-order valence-electron chi connectivity index (χ0n) is 17.5. The van der Waals surface area contributed by atoms with Crippen LogP contribution < -0.4 is 5.43 Å². The van der Waals surface area contributed by atoms with E-state index >= 15 is 0 Å². The molecule has 3 rings (SSSR count). The minimum Gasteiger partial charge on any atom is -0.508 e. The fraction of sp³-hybridized carbons (Fsp3) is 0.167. The summed E-state index contributed by atoms with van der Waals surface area (Å²) in [4.78, 5) is 26.5. The summed E-state index contributed by atoms with van der Waals surface area (Å²) in [5, 5.41) is 18.9. The highest BCUT2D eigenvalue weighted by molar-refractivity contribution is 7.97. The number of hydrogen-bond acceptors (Lipinski definition) is 5. The molecule has 0 spiro atoms. The molecule has 2 amide bonds. The van der Waals surface area contributed by atoms with E-state index in [9.17, 15) is 19.8 Å². The summed E-state index contributed by atoms with van der Waals surface area (Å²) in [6, 6.07) is 19.3. The van der Waals surface area contributed by atoms with Crippen LogP contribution in [0.3, 0.4) is 0 Å². The molecule has 31 heavy (non-hydrogen) atoms. The largest absolute Gasteiger partial charge is 0.508 e. The molecule has 0 bridgehead atoms. The third kappa shape index (κ3) is 5.79. The van der Waals surface area contributed by atoms with Crippen LogP contribution in [-0.4, -0.2) is 26.4 Å². The number of nitrogens with zero attached hydrogens (tertiary/aromatic N) is 1. The van der Waals surface area contributed by atoms with Crippen LogP contribution in [0, 0.1) is 0 Å². The van der Waals surface area contributed by atoms with Gasteiger partial charge in [0.2, 0.25) is 0 Å². The first-order valence-electron chi connectivity index (χ1n) is 9.65. The van der Waals surface area contributed by atoms with Crippen molar-refractivity contribution in [1.29, 1.82) is 0 Å². The van der Waals surface area contributed by atoms with Crippen LogP contribution in [0.2, 0.25) is 0 Å². The molecule has 3 N–H and O–H groups in total. The van der Waals surface area contributed by atoms with E-state index in [1.54, 1.807) is 0 Å². The molecule has 3 aromatic carbocycles. The van der Waals surface area contributed by atoms with E-state index in [0.717, 1.165) is 26.8 Å². The second-order valence-corrected chi connectivity index (χ2v) is 9.02. The molecule has 0 saturated carbocycles. The minimum atomic E-state index is -0.494. The van der Waals surface area contributed by atoms with E-state index in [4.69, 9.17) is 0 Å². The number of nitrogens with one attached hydrogen (secondary N) is 1. The Morgan fingerprint density at radius 1 is 0.774 bits per heavy atom. The van der Waals surface area contributed by atoms with Crippen LogP contribution in [0.25, 0.3) is 0 Å². The number of amides is 2. The Kier molecular flexibility index (Phi) is 6.56. The third-order valence-electron chi connectivity index (χ3n) is 4.55. The molecule has 160 valence electrons. The van der Waals surface area contributed by atoms with Crippen LogP contribution in [0.1, 0.15) is 47.1 Å². The Bertz CT molecular complexity index is 1060. The second-order valence-electron chi connectivity index (χ2n) is 8.00. The van der Waals surface area contributed by atoms with Crippen molar-refractivity contribution in [3.05, 3.63) is 89.5 Å². The van der Waals surface area contributed by atoms with Crippen molar-refractivity contribution in [3.63, 3.8) is 0 Å². The quantitative estimate of drug-likeness (QED) is 0.400. The van der Waals surface area contributed by atoms with Crippen molar-refractivity contribution in [1.82, 2.24) is 9.84 Å². The molecule has 0 aromatic heterocycles. The van der Waals surface area contributed by atoms with Gasteiger partial charge in [-0.3, -0.25) is 9.59 Å². The molecule has 7 heteroatoms. The zero-order valence-corrected chi connectivity index (χ0v) is 18.3. The first-order chi connectivity index (χ1) is 14.6. The molecular formula is C24H24N2O4S. The van der Waals surface area contributed by atoms with E-state index in [-0.39, 0.29) is 16.9 Å². The maximum Gasteiger partial charge on any atom is 0.283 e. The number of carbonyl (C=O) groups is 2. The Morgan fingerprint density at radius 2 is 1.26 bits per heavy atom. The van der Waals surface area contributed by atoms with Gasteiger partial charge in [-0.2, -0.15) is 4.41 Å². The lowest BCUT2D eigenvalue weighted by molar-refractivity contribution is 0.0739. The third-order valence-corrected chi connectivity index (χ3v) is 5.47. The molecule has 0 aliphatic heterocycles. The molecule has 0 saturated heterocycles. The summed E-state index contributed by atoms with van der Waals surface area (Å²) in [7, 11) is 0. The highest BCUT2D eigenvalue weighted by Crippen LogP contribution is 2.28. The van der Waals surface area contributed by atoms with Crippen molar-refractivity contribution < 1.29 is 19.8 Å². The molecule has 0 aliphatic carbocycles. The van der Waals surface area contributed by atoms with Crippen molar-refractivity contribution in [2.45, 2.75) is 31.1 Å². The smallest absolute Gasteiger partial charge is 0.283 e. The van der Waals surface area contributed by atoms with Gasteiger partial charge in [-0.15, -0.1) is 0 Å². The maximum absolute atomic E-state index is 13.1. The Balaban J connectivity index is 1.86. The van der Waals surface area contributed by atoms with Crippen molar-refractivity contribution in [2.75, 3.05) is 0 Å². The summed E-state index contributed by atoms with van der Waals surface area (Å²) in [6.07, 6.45) is 0. The van der Waals surface area contributed by atoms with Gasteiger partial charge in [0.25, 0.3) is 11.8 Å². The number of hydrogen-bond donors (Lipinski definition) is 3. The van der Waals surface area contributed by atoms with Gasteiger partial charge < -0.3 is 10.2 Å². The number of aromatic hydroxyl groups is 2. The Labute approximate surface area is 185 Å². The van der Waals surface area contributed by atoms with Gasteiger partial charge in [-0.1, -0.05) is 32.9 Å². The number of benzene rings is 3. The van der Waals surface area contributed by atoms with Crippen molar-refractivity contribution >= 4 is 23.8 Å². The van der Waals surface area contributed by atoms with Crippen LogP contribution in [0.5, 0.6) is 11.5 Å². The average Bonchev–Trinajstić information content (AvgIpc) is 2.73. The predicted octanol–water partition coefficient (Wildman–Crippen LogP) is 4.89. The molecule has 0 heterocycles. The van der Waals surface area contributed by atoms with E-state index in [0.29, 0.717) is 11.1 Å². The lowest BCUT2D eigenvalue weighted by Gasteiger charge is -2.23.